The van der Waals surface area contributed by atoms with Crippen LogP contribution in [0.4, 0.5) is 5.69 Å². The van der Waals surface area contributed by atoms with Crippen molar-refractivity contribution in [2.75, 3.05) is 104 Å². The van der Waals surface area contributed by atoms with Crippen LogP contribution in [0.15, 0.2) is 48.6 Å². The van der Waals surface area contributed by atoms with Gasteiger partial charge in [0.25, 0.3) is 5.91 Å². The van der Waals surface area contributed by atoms with E-state index in [4.69, 9.17) is 30.5 Å². The number of sulfonamides is 1. The molecule has 2 aromatic rings. The van der Waals surface area contributed by atoms with Gasteiger partial charge >= 0.3 is 0 Å². The van der Waals surface area contributed by atoms with Crippen LogP contribution in [0.1, 0.15) is 66.9 Å². The van der Waals surface area contributed by atoms with Crippen molar-refractivity contribution in [3.05, 3.63) is 70.3 Å². The number of ether oxygens (including phenoxy) is 4. The van der Waals surface area contributed by atoms with E-state index in [2.05, 4.69) is 36.5 Å². The van der Waals surface area contributed by atoms with Gasteiger partial charge in [-0.2, -0.15) is 0 Å². The van der Waals surface area contributed by atoms with E-state index in [1.165, 1.54) is 5.56 Å². The molecule has 0 aromatic heterocycles. The summed E-state index contributed by atoms with van der Waals surface area (Å²) in [5, 5.41) is -0.0676. The number of allylic oxidation sites excluding steroid dienone is 1. The number of anilines is 1. The molecule has 5 heterocycles. The van der Waals surface area contributed by atoms with Crippen molar-refractivity contribution in [2.45, 2.75) is 75.4 Å². The third-order valence-corrected chi connectivity index (χ3v) is 16.3. The van der Waals surface area contributed by atoms with Crippen molar-refractivity contribution < 1.29 is 32.2 Å². The lowest BCUT2D eigenvalue weighted by atomic mass is 9.63. The molecular formula is C45H64ClN5O7S. The summed E-state index contributed by atoms with van der Waals surface area (Å²) in [4.78, 5) is 23.9. The summed E-state index contributed by atoms with van der Waals surface area (Å²) in [6.07, 6.45) is 10.3. The molecule has 2 bridgehead atoms. The SMILES string of the molecule is CO[C@@]1(CN2CCN3CCOC[C@@H]3C2)/C=C/CC(C)C(CCN2CCOCC2)S(=O)(=O)NC(=O)c2ccc3c(c2)N(CCCCc2cc(Cl)ccc2CO3)C[C@@H]2CC[C@H]21. The number of fused-ring (bicyclic) bond motifs is 4. The highest BCUT2D eigenvalue weighted by atomic mass is 35.5. The molecular weight excluding hydrogens is 790 g/mol. The Bertz CT molecular complexity index is 1910. The summed E-state index contributed by atoms with van der Waals surface area (Å²) >= 11 is 6.45. The molecule has 0 spiro atoms. The molecule has 324 valence electrons. The minimum atomic E-state index is -4.08. The third-order valence-electron chi connectivity index (χ3n) is 14.1. The molecule has 5 aliphatic heterocycles. The minimum Gasteiger partial charge on any atom is -0.487 e. The lowest BCUT2D eigenvalue weighted by molar-refractivity contribution is -0.108. The molecule has 14 heteroatoms. The topological polar surface area (TPSA) is 113 Å². The zero-order chi connectivity index (χ0) is 41.0. The maximum atomic E-state index is 14.4. The molecule has 2 aromatic carbocycles. The average molecular weight is 855 g/mol. The number of methoxy groups -OCH3 is 1. The van der Waals surface area contributed by atoms with Crippen LogP contribution in [0.2, 0.25) is 5.02 Å². The maximum Gasteiger partial charge on any atom is 0.264 e. The lowest BCUT2D eigenvalue weighted by Crippen LogP contribution is -2.62. The highest BCUT2D eigenvalue weighted by Gasteiger charge is 2.49. The number of carbonyl (C=O) groups excluding carboxylic acids is 1. The van der Waals surface area contributed by atoms with Crippen LogP contribution in [-0.2, 0) is 37.3 Å². The summed E-state index contributed by atoms with van der Waals surface area (Å²) in [5.41, 5.74) is 2.83. The smallest absolute Gasteiger partial charge is 0.264 e. The van der Waals surface area contributed by atoms with Crippen LogP contribution in [0.25, 0.3) is 0 Å². The number of morpholine rings is 2. The van der Waals surface area contributed by atoms with Gasteiger partial charge in [-0.1, -0.05) is 36.7 Å². The van der Waals surface area contributed by atoms with Crippen molar-refractivity contribution in [3.8, 4) is 5.75 Å². The van der Waals surface area contributed by atoms with Gasteiger partial charge in [-0.05, 0) is 111 Å². The Labute approximate surface area is 356 Å². The second kappa shape index (κ2) is 19.1. The van der Waals surface area contributed by atoms with E-state index in [0.717, 1.165) is 115 Å². The standard InChI is InChI=1S/C45H64ClN5O7S/c1-33-6-5-15-45(55-2,32-49-18-19-50-22-25-57-31-39(50)29-49)40-12-9-36(40)28-51-16-4-3-7-34-26-38(46)11-8-37(34)30-58-42-13-10-35(27-41(42)51)44(52)47-59(53,54)43(33)14-17-48-20-23-56-24-21-48/h5,8,10-11,13,15,26-27,33,36,39-40,43H,3-4,6-7,9,12,14,16-25,28-32H2,1-2H3,(H,47,52)/b15-5+/t33?,36-,39-,40+,43?,45+/m0/s1. The van der Waals surface area contributed by atoms with Crippen LogP contribution in [0, 0.1) is 17.8 Å². The molecule has 12 nitrogen and oxygen atoms in total. The molecule has 4 fully saturated rings. The molecule has 59 heavy (non-hydrogen) atoms. The Morgan fingerprint density at radius 1 is 0.932 bits per heavy atom. The predicted molar refractivity (Wildman–Crippen MR) is 231 cm³/mol. The second-order valence-electron chi connectivity index (χ2n) is 17.8. The Balaban J connectivity index is 1.15. The number of amides is 1. The Morgan fingerprint density at radius 3 is 2.59 bits per heavy atom. The van der Waals surface area contributed by atoms with Crippen LogP contribution in [0.5, 0.6) is 5.75 Å². The van der Waals surface area contributed by atoms with Crippen molar-refractivity contribution in [2.24, 2.45) is 17.8 Å². The average Bonchev–Trinajstić information content (AvgIpc) is 3.25. The fourth-order valence-electron chi connectivity index (χ4n) is 10.5. The normalized spacial score (nSPS) is 31.9. The van der Waals surface area contributed by atoms with Gasteiger partial charge in [-0.3, -0.25) is 19.5 Å². The largest absolute Gasteiger partial charge is 0.487 e. The van der Waals surface area contributed by atoms with Crippen LogP contribution < -0.4 is 14.4 Å². The summed E-state index contributed by atoms with van der Waals surface area (Å²) in [6, 6.07) is 11.8. The molecule has 1 N–H and O–H groups in total. The number of hydrogen-bond acceptors (Lipinski definition) is 11. The van der Waals surface area contributed by atoms with Crippen molar-refractivity contribution in [1.82, 2.24) is 19.4 Å². The van der Waals surface area contributed by atoms with Gasteiger partial charge in [-0.25, -0.2) is 13.1 Å². The molecule has 1 saturated carbocycles. The number of nitrogens with zero attached hydrogens (tertiary/aromatic N) is 4. The molecule has 0 radical (unpaired) electrons. The first-order valence-corrected chi connectivity index (χ1v) is 24.0. The van der Waals surface area contributed by atoms with E-state index in [1.54, 1.807) is 6.07 Å². The summed E-state index contributed by atoms with van der Waals surface area (Å²) in [5.74, 6) is 0.379. The Hall–Kier alpha value is -2.75. The number of benzene rings is 2. The van der Waals surface area contributed by atoms with Crippen molar-refractivity contribution in [1.29, 1.82) is 0 Å². The molecule has 1 amide bonds. The molecule has 6 atom stereocenters. The number of halogens is 1. The quantitative estimate of drug-likeness (QED) is 0.386. The number of piperazine rings is 1. The number of hydrogen-bond donors (Lipinski definition) is 1. The Kier molecular flexibility index (Phi) is 13.9. The summed E-state index contributed by atoms with van der Waals surface area (Å²) < 4.78 is 56.3. The highest BCUT2D eigenvalue weighted by molar-refractivity contribution is 7.90. The monoisotopic (exact) mass is 853 g/mol. The van der Waals surface area contributed by atoms with Gasteiger partial charge in [-0.15, -0.1) is 0 Å². The zero-order valence-electron chi connectivity index (χ0n) is 35.0. The van der Waals surface area contributed by atoms with Gasteiger partial charge in [0, 0.05) is 82.6 Å². The summed E-state index contributed by atoms with van der Waals surface area (Å²) in [7, 11) is -2.22. The molecule has 2 unspecified atom stereocenters. The highest BCUT2D eigenvalue weighted by Crippen LogP contribution is 2.47. The third kappa shape index (κ3) is 9.99. The van der Waals surface area contributed by atoms with E-state index in [9.17, 15) is 13.2 Å². The number of rotatable bonds is 6. The lowest BCUT2D eigenvalue weighted by Gasteiger charge is -2.53. The van der Waals surface area contributed by atoms with Crippen LogP contribution >= 0.6 is 11.6 Å². The fraction of sp³-hybridized carbons (Fsp3) is 0.667. The molecule has 3 saturated heterocycles. The van der Waals surface area contributed by atoms with Gasteiger partial charge < -0.3 is 23.8 Å². The minimum absolute atomic E-state index is 0.244. The van der Waals surface area contributed by atoms with Gasteiger partial charge in [0.1, 0.15) is 18.0 Å². The molecule has 1 aliphatic carbocycles. The summed E-state index contributed by atoms with van der Waals surface area (Å²) in [6.45, 7) is 13.5. The van der Waals surface area contributed by atoms with Gasteiger partial charge in [0.2, 0.25) is 10.0 Å². The van der Waals surface area contributed by atoms with Crippen molar-refractivity contribution >= 4 is 33.2 Å². The first-order chi connectivity index (χ1) is 28.6. The zero-order valence-corrected chi connectivity index (χ0v) is 36.6. The number of nitrogens with one attached hydrogen (secondary N) is 1. The predicted octanol–water partition coefficient (Wildman–Crippen LogP) is 5.24. The fourth-order valence-corrected chi connectivity index (χ4v) is 12.3. The van der Waals surface area contributed by atoms with E-state index in [1.807, 2.05) is 44.4 Å². The number of aryl methyl sites for hydroxylation is 1. The van der Waals surface area contributed by atoms with Crippen LogP contribution in [-0.4, -0.2) is 145 Å². The Morgan fingerprint density at radius 2 is 1.78 bits per heavy atom. The van der Waals surface area contributed by atoms with E-state index in [0.29, 0.717) is 67.5 Å². The van der Waals surface area contributed by atoms with Crippen LogP contribution in [0.3, 0.4) is 0 Å². The van der Waals surface area contributed by atoms with Crippen molar-refractivity contribution in [3.63, 3.8) is 0 Å². The van der Waals surface area contributed by atoms with Gasteiger partial charge in [0.15, 0.2) is 0 Å². The van der Waals surface area contributed by atoms with E-state index in [-0.39, 0.29) is 11.8 Å². The number of carbonyl (C=O) groups is 1. The first kappa shape index (κ1) is 42.9. The van der Waals surface area contributed by atoms with Gasteiger partial charge in [0.05, 0.1) is 37.4 Å². The van der Waals surface area contributed by atoms with E-state index >= 15 is 0 Å². The molecule has 8 rings (SSSR count). The maximum absolute atomic E-state index is 14.4. The first-order valence-electron chi connectivity index (χ1n) is 22.0. The van der Waals surface area contributed by atoms with E-state index < -0.39 is 26.8 Å². The second-order valence-corrected chi connectivity index (χ2v) is 20.1. The molecule has 6 aliphatic rings.